The van der Waals surface area contributed by atoms with Gasteiger partial charge in [-0.25, -0.2) is 0 Å². The standard InChI is InChI=1S/C29H44P2/c1-4-7-9-10-14-20-27-26(24-17-12-11-13-18-24)23-25-19-16-21-28-29(25,27)31(6-3)30(28)22-15-8-5-2/h11-13,16-19,21,25-27H,4-10,14-15,20,22-23H2,1-3H3. The van der Waals surface area contributed by atoms with Gasteiger partial charge in [0.15, 0.2) is 0 Å². The first-order valence-electron chi connectivity index (χ1n) is 13.3. The predicted octanol–water partition coefficient (Wildman–Crippen LogP) is 10.1. The molecule has 1 saturated heterocycles. The Balaban J connectivity index is 1.61. The highest BCUT2D eigenvalue weighted by molar-refractivity contribution is 8.36. The van der Waals surface area contributed by atoms with Crippen molar-refractivity contribution in [2.45, 2.75) is 96.1 Å². The summed E-state index contributed by atoms with van der Waals surface area (Å²) >= 11 is 0. The molecule has 170 valence electrons. The van der Waals surface area contributed by atoms with Gasteiger partial charge in [0, 0.05) is 5.16 Å². The van der Waals surface area contributed by atoms with E-state index >= 15 is 0 Å². The Morgan fingerprint density at radius 3 is 2.39 bits per heavy atom. The number of benzene rings is 1. The summed E-state index contributed by atoms with van der Waals surface area (Å²) in [6.07, 6.45) is 24.9. The lowest BCUT2D eigenvalue weighted by molar-refractivity contribution is 0.372. The fraction of sp³-hybridized carbons (Fsp3) is 0.655. The molecule has 1 aliphatic heterocycles. The summed E-state index contributed by atoms with van der Waals surface area (Å²) in [5, 5.41) is 2.54. The van der Waals surface area contributed by atoms with Crippen molar-refractivity contribution in [3.05, 3.63) is 59.4 Å². The van der Waals surface area contributed by atoms with Crippen LogP contribution in [0.1, 0.15) is 96.5 Å². The van der Waals surface area contributed by atoms with Crippen molar-refractivity contribution in [3.63, 3.8) is 0 Å². The molecule has 1 aromatic rings. The zero-order valence-corrected chi connectivity index (χ0v) is 22.0. The molecular weight excluding hydrogens is 410 g/mol. The number of rotatable bonds is 12. The van der Waals surface area contributed by atoms with Gasteiger partial charge in [0.05, 0.1) is 0 Å². The van der Waals surface area contributed by atoms with Crippen LogP contribution in [0.3, 0.4) is 0 Å². The maximum Gasteiger partial charge on any atom is 0.0300 e. The van der Waals surface area contributed by atoms with Crippen molar-refractivity contribution in [1.29, 1.82) is 0 Å². The largest absolute Gasteiger partial charge is 0.0801 e. The fourth-order valence-electron chi connectivity index (χ4n) is 6.95. The first-order valence-corrected chi connectivity index (χ1v) is 17.0. The van der Waals surface area contributed by atoms with E-state index in [1.165, 1.54) is 76.5 Å². The van der Waals surface area contributed by atoms with Crippen molar-refractivity contribution in [2.75, 3.05) is 12.3 Å². The normalized spacial score (nSPS) is 33.5. The molecule has 3 aliphatic rings. The Kier molecular flexibility index (Phi) is 8.51. The van der Waals surface area contributed by atoms with Crippen LogP contribution in [0.25, 0.3) is 0 Å². The molecule has 1 saturated carbocycles. The molecule has 2 fully saturated rings. The van der Waals surface area contributed by atoms with Gasteiger partial charge in [-0.1, -0.05) is 129 Å². The smallest absolute Gasteiger partial charge is 0.0300 e. The van der Waals surface area contributed by atoms with Gasteiger partial charge < -0.3 is 0 Å². The fourth-order valence-corrected chi connectivity index (χ4v) is 18.2. The lowest BCUT2D eigenvalue weighted by Gasteiger charge is -2.63. The van der Waals surface area contributed by atoms with Gasteiger partial charge in [0.2, 0.25) is 0 Å². The molecule has 1 aromatic carbocycles. The van der Waals surface area contributed by atoms with Gasteiger partial charge in [-0.15, -0.1) is 0 Å². The first kappa shape index (κ1) is 23.7. The number of allylic oxidation sites excluding steroid dienone is 4. The minimum Gasteiger partial charge on any atom is -0.0801 e. The van der Waals surface area contributed by atoms with Crippen LogP contribution >= 0.6 is 15.2 Å². The van der Waals surface area contributed by atoms with Gasteiger partial charge in [0.25, 0.3) is 0 Å². The molecule has 6 atom stereocenters. The molecule has 1 heterocycles. The van der Waals surface area contributed by atoms with Crippen LogP contribution in [0.4, 0.5) is 0 Å². The molecule has 0 radical (unpaired) electrons. The third kappa shape index (κ3) is 4.38. The average molecular weight is 455 g/mol. The Morgan fingerprint density at radius 1 is 0.903 bits per heavy atom. The van der Waals surface area contributed by atoms with E-state index in [0.717, 1.165) is 17.8 Å². The monoisotopic (exact) mass is 454 g/mol. The van der Waals surface area contributed by atoms with Gasteiger partial charge in [-0.3, -0.25) is 0 Å². The predicted molar refractivity (Wildman–Crippen MR) is 143 cm³/mol. The summed E-state index contributed by atoms with van der Waals surface area (Å²) in [6.45, 7) is 7.23. The second-order valence-corrected chi connectivity index (χ2v) is 16.8. The summed E-state index contributed by atoms with van der Waals surface area (Å²) < 4.78 is 0. The maximum absolute atomic E-state index is 2.64. The molecular formula is C29H44P2. The van der Waals surface area contributed by atoms with Crippen molar-refractivity contribution >= 4 is 15.2 Å². The van der Waals surface area contributed by atoms with Crippen LogP contribution in [-0.2, 0) is 0 Å². The van der Waals surface area contributed by atoms with Crippen LogP contribution in [0.15, 0.2) is 53.9 Å². The molecule has 1 spiro atoms. The van der Waals surface area contributed by atoms with Crippen molar-refractivity contribution in [2.24, 2.45) is 11.8 Å². The third-order valence-corrected chi connectivity index (χ3v) is 18.0. The lowest BCUT2D eigenvalue weighted by atomic mass is 9.78. The van der Waals surface area contributed by atoms with Gasteiger partial charge in [-0.05, 0) is 60.2 Å². The molecule has 31 heavy (non-hydrogen) atoms. The summed E-state index contributed by atoms with van der Waals surface area (Å²) in [5.74, 6) is 2.47. The highest BCUT2D eigenvalue weighted by Crippen LogP contribution is 2.97. The minimum absolute atomic E-state index is 0.164. The van der Waals surface area contributed by atoms with Crippen LogP contribution in [0.5, 0.6) is 0 Å². The van der Waals surface area contributed by atoms with Crippen molar-refractivity contribution in [3.8, 4) is 0 Å². The Morgan fingerprint density at radius 2 is 1.65 bits per heavy atom. The van der Waals surface area contributed by atoms with E-state index in [1.54, 1.807) is 5.56 Å². The molecule has 0 aromatic heterocycles. The molecule has 0 nitrogen and oxygen atoms in total. The van der Waals surface area contributed by atoms with Crippen LogP contribution in [0.2, 0.25) is 0 Å². The van der Waals surface area contributed by atoms with E-state index in [4.69, 9.17) is 0 Å². The van der Waals surface area contributed by atoms with E-state index in [1.807, 2.05) is 5.31 Å². The minimum atomic E-state index is 0.164. The summed E-state index contributed by atoms with van der Waals surface area (Å²) in [5.41, 5.74) is 1.63. The van der Waals surface area contributed by atoms with Gasteiger partial charge in [0.1, 0.15) is 0 Å². The summed E-state index contributed by atoms with van der Waals surface area (Å²) in [4.78, 5) is 0. The van der Waals surface area contributed by atoms with E-state index in [-0.39, 0.29) is 15.2 Å². The Labute approximate surface area is 194 Å². The number of hydrogen-bond acceptors (Lipinski definition) is 0. The SMILES string of the molecule is CCCCCCCC1C(c2ccccc2)CC2C=CC=C3P(CCCCC)P(CC)C321. The van der Waals surface area contributed by atoms with Crippen LogP contribution in [0, 0.1) is 11.8 Å². The van der Waals surface area contributed by atoms with Crippen molar-refractivity contribution in [1.82, 2.24) is 0 Å². The quantitative estimate of drug-likeness (QED) is 0.218. The Hall–Kier alpha value is -0.440. The van der Waals surface area contributed by atoms with Gasteiger partial charge in [-0.2, -0.15) is 0 Å². The average Bonchev–Trinajstić information content (AvgIpc) is 3.14. The summed E-state index contributed by atoms with van der Waals surface area (Å²) in [7, 11) is 0.332. The van der Waals surface area contributed by atoms with Crippen molar-refractivity contribution < 1.29 is 0 Å². The third-order valence-electron chi connectivity index (χ3n) is 8.25. The molecule has 4 rings (SSSR count). The lowest BCUT2D eigenvalue weighted by Crippen LogP contribution is -2.47. The molecule has 6 unspecified atom stereocenters. The van der Waals surface area contributed by atoms with Gasteiger partial charge >= 0.3 is 0 Å². The molecule has 2 aliphatic carbocycles. The number of hydrogen-bond donors (Lipinski definition) is 0. The zero-order chi connectivity index (χ0) is 21.7. The molecule has 0 N–H and O–H groups in total. The second-order valence-electron chi connectivity index (χ2n) is 9.98. The highest BCUT2D eigenvalue weighted by atomic mass is 32.1. The van der Waals surface area contributed by atoms with E-state index < -0.39 is 0 Å². The maximum atomic E-state index is 2.64. The Bertz CT molecular complexity index is 751. The van der Waals surface area contributed by atoms with Crippen LogP contribution < -0.4 is 0 Å². The van der Waals surface area contributed by atoms with Crippen LogP contribution in [-0.4, -0.2) is 17.5 Å². The topological polar surface area (TPSA) is 0 Å². The second kappa shape index (κ2) is 11.1. The van der Waals surface area contributed by atoms with E-state index in [0.29, 0.717) is 5.16 Å². The van der Waals surface area contributed by atoms with E-state index in [2.05, 4.69) is 69.3 Å². The summed E-state index contributed by atoms with van der Waals surface area (Å²) in [6, 6.07) is 11.6. The molecule has 0 bridgehead atoms. The zero-order valence-electron chi connectivity index (χ0n) is 20.2. The highest BCUT2D eigenvalue weighted by Gasteiger charge is 2.67. The number of unbranched alkanes of at least 4 members (excludes halogenated alkanes) is 6. The van der Waals surface area contributed by atoms with E-state index in [9.17, 15) is 0 Å². The molecule has 0 amide bonds. The first-order chi connectivity index (χ1) is 15.3. The molecule has 2 heteroatoms.